The third kappa shape index (κ3) is 2.56. The summed E-state index contributed by atoms with van der Waals surface area (Å²) in [5.74, 6) is -0.450. The van der Waals surface area contributed by atoms with E-state index in [9.17, 15) is 8.42 Å². The Morgan fingerprint density at radius 2 is 2.00 bits per heavy atom. The molecule has 1 rings (SSSR count). The van der Waals surface area contributed by atoms with Crippen molar-refractivity contribution < 1.29 is 25.9 Å². The first-order valence-corrected chi connectivity index (χ1v) is 4.70. The van der Waals surface area contributed by atoms with Crippen molar-refractivity contribution in [3.8, 4) is 5.75 Å². The molecule has 0 fully saturated rings. The van der Waals surface area contributed by atoms with Gasteiger partial charge in [0.05, 0.1) is 4.90 Å². The van der Waals surface area contributed by atoms with Crippen LogP contribution in [0.4, 0.5) is 5.69 Å². The molecular weight excluding hydrogens is 230 g/mol. The van der Waals surface area contributed by atoms with Crippen LogP contribution in [0.1, 0.15) is 0 Å². The molecule has 76 valence electrons. The van der Waals surface area contributed by atoms with E-state index < -0.39 is 15.8 Å². The molecule has 0 radical (unpaired) electrons. The SMILES string of the molecule is N#[N+]c1ccc(S(N)(=O)=O)cc1O.[Cl-]. The van der Waals surface area contributed by atoms with Gasteiger partial charge >= 0.3 is 5.69 Å². The number of nitrogens with two attached hydrogens (primary N) is 1. The summed E-state index contributed by atoms with van der Waals surface area (Å²) in [6.07, 6.45) is 0. The fraction of sp³-hybridized carbons (Fsp3) is 0. The first kappa shape index (κ1) is 12.6. The molecule has 0 spiro atoms. The lowest BCUT2D eigenvalue weighted by Crippen LogP contribution is -3.00. The normalized spacial score (nSPS) is 10.0. The summed E-state index contributed by atoms with van der Waals surface area (Å²) in [6, 6.07) is 3.17. The molecule has 0 saturated carbocycles. The van der Waals surface area contributed by atoms with Crippen molar-refractivity contribution in [2.45, 2.75) is 4.90 Å². The van der Waals surface area contributed by atoms with Crippen LogP contribution in [0.5, 0.6) is 5.75 Å². The lowest BCUT2D eigenvalue weighted by atomic mass is 10.3. The molecule has 0 aliphatic heterocycles. The van der Waals surface area contributed by atoms with Gasteiger partial charge in [-0.15, -0.1) is 0 Å². The van der Waals surface area contributed by atoms with Crippen molar-refractivity contribution >= 4 is 15.7 Å². The highest BCUT2D eigenvalue weighted by Gasteiger charge is 2.17. The summed E-state index contributed by atoms with van der Waals surface area (Å²) >= 11 is 0. The number of sulfonamides is 1. The highest BCUT2D eigenvalue weighted by molar-refractivity contribution is 7.89. The Kier molecular flexibility index (Phi) is 3.82. The molecule has 0 aliphatic rings. The summed E-state index contributed by atoms with van der Waals surface area (Å²) in [5, 5.41) is 22.2. The predicted molar refractivity (Wildman–Crippen MR) is 44.2 cm³/mol. The number of halogens is 1. The van der Waals surface area contributed by atoms with E-state index in [-0.39, 0.29) is 23.0 Å². The highest BCUT2D eigenvalue weighted by atomic mass is 35.5. The number of rotatable bonds is 1. The van der Waals surface area contributed by atoms with Crippen LogP contribution in [0.15, 0.2) is 23.1 Å². The highest BCUT2D eigenvalue weighted by Crippen LogP contribution is 2.28. The van der Waals surface area contributed by atoms with Crippen LogP contribution in [0.3, 0.4) is 0 Å². The van der Waals surface area contributed by atoms with Crippen LogP contribution < -0.4 is 17.5 Å². The maximum Gasteiger partial charge on any atom is 0.426 e. The number of nitrogens with zero attached hydrogens (tertiary/aromatic N) is 2. The molecule has 0 aromatic heterocycles. The molecular formula is C6H6ClN3O3S. The average Bonchev–Trinajstić information content (AvgIpc) is 2.02. The molecule has 1 aromatic carbocycles. The van der Waals surface area contributed by atoms with Crippen molar-refractivity contribution in [1.82, 2.24) is 0 Å². The molecule has 3 N–H and O–H groups in total. The molecule has 0 saturated heterocycles. The van der Waals surface area contributed by atoms with Crippen LogP contribution in [-0.4, -0.2) is 13.5 Å². The summed E-state index contributed by atoms with van der Waals surface area (Å²) in [4.78, 5) is 2.47. The second-order valence-corrected chi connectivity index (χ2v) is 3.86. The molecule has 1 aromatic rings. The molecule has 0 aliphatic carbocycles. The van der Waals surface area contributed by atoms with Crippen molar-refractivity contribution in [2.75, 3.05) is 0 Å². The topological polar surface area (TPSA) is 109 Å². The number of diazo groups is 1. The number of hydrogen-bond acceptors (Lipinski definition) is 4. The van der Waals surface area contributed by atoms with Crippen LogP contribution in [0.25, 0.3) is 4.98 Å². The molecule has 0 amide bonds. The van der Waals surface area contributed by atoms with E-state index in [1.165, 1.54) is 0 Å². The zero-order valence-electron chi connectivity index (χ0n) is 6.75. The lowest BCUT2D eigenvalue weighted by molar-refractivity contribution is -0.00000648. The van der Waals surface area contributed by atoms with Gasteiger partial charge in [0.2, 0.25) is 21.2 Å². The fourth-order valence-corrected chi connectivity index (χ4v) is 1.30. The molecule has 0 heterocycles. The fourth-order valence-electron chi connectivity index (χ4n) is 0.765. The Morgan fingerprint density at radius 1 is 1.43 bits per heavy atom. The minimum absolute atomic E-state index is 0. The summed E-state index contributed by atoms with van der Waals surface area (Å²) in [6.45, 7) is 0. The van der Waals surface area contributed by atoms with Gasteiger partial charge in [-0.25, -0.2) is 13.6 Å². The van der Waals surface area contributed by atoms with Gasteiger partial charge in [-0.2, -0.15) is 0 Å². The molecule has 6 nitrogen and oxygen atoms in total. The van der Waals surface area contributed by atoms with E-state index in [2.05, 4.69) is 4.98 Å². The van der Waals surface area contributed by atoms with Crippen LogP contribution in [0.2, 0.25) is 0 Å². The minimum atomic E-state index is -3.83. The molecule has 0 atom stereocenters. The number of phenols is 1. The number of benzene rings is 1. The number of aromatic hydroxyl groups is 1. The second kappa shape index (κ2) is 4.23. The Labute approximate surface area is 86.4 Å². The van der Waals surface area contributed by atoms with E-state index in [1.54, 1.807) is 0 Å². The number of primary sulfonamides is 1. The van der Waals surface area contributed by atoms with Crippen molar-refractivity contribution in [1.29, 1.82) is 5.39 Å². The van der Waals surface area contributed by atoms with E-state index in [1.807, 2.05) is 0 Å². The zero-order valence-corrected chi connectivity index (χ0v) is 8.33. The lowest BCUT2D eigenvalue weighted by Gasteiger charge is -1.95. The Hall–Kier alpha value is -1.36. The van der Waals surface area contributed by atoms with E-state index in [0.29, 0.717) is 0 Å². The van der Waals surface area contributed by atoms with E-state index >= 15 is 0 Å². The first-order chi connectivity index (χ1) is 5.95. The van der Waals surface area contributed by atoms with E-state index in [4.69, 9.17) is 15.6 Å². The zero-order chi connectivity index (χ0) is 10.1. The van der Waals surface area contributed by atoms with Gasteiger partial charge in [0.25, 0.3) is 0 Å². The average molecular weight is 236 g/mol. The Bertz CT molecular complexity index is 480. The third-order valence-corrected chi connectivity index (χ3v) is 2.29. The quantitative estimate of drug-likeness (QED) is 0.526. The van der Waals surface area contributed by atoms with E-state index in [0.717, 1.165) is 18.2 Å². The van der Waals surface area contributed by atoms with Gasteiger partial charge in [0.15, 0.2) is 4.98 Å². The summed E-state index contributed by atoms with van der Waals surface area (Å²) in [7, 11) is -3.83. The summed E-state index contributed by atoms with van der Waals surface area (Å²) in [5.41, 5.74) is -0.118. The van der Waals surface area contributed by atoms with Gasteiger partial charge < -0.3 is 17.5 Å². The molecule has 0 unspecified atom stereocenters. The largest absolute Gasteiger partial charge is 1.00 e. The minimum Gasteiger partial charge on any atom is -1.00 e. The Balaban J connectivity index is 0.00000169. The molecule has 14 heavy (non-hydrogen) atoms. The maximum atomic E-state index is 10.8. The maximum absolute atomic E-state index is 10.8. The van der Waals surface area contributed by atoms with Gasteiger partial charge in [-0.3, -0.25) is 0 Å². The van der Waals surface area contributed by atoms with Crippen LogP contribution >= 0.6 is 0 Å². The van der Waals surface area contributed by atoms with Gasteiger partial charge in [-0.1, -0.05) is 0 Å². The molecule has 8 heteroatoms. The standard InChI is InChI=1S/C6H5N3O3S.ClH/c7-9-5-2-1-4(3-6(5)10)13(8,11)12;/h1-3H,(H2-,8,10,11,12);1H. The monoisotopic (exact) mass is 235 g/mol. The first-order valence-electron chi connectivity index (χ1n) is 3.16. The Morgan fingerprint density at radius 3 is 2.36 bits per heavy atom. The summed E-state index contributed by atoms with van der Waals surface area (Å²) < 4.78 is 21.5. The molecule has 0 bridgehead atoms. The van der Waals surface area contributed by atoms with Crippen LogP contribution in [-0.2, 0) is 10.0 Å². The van der Waals surface area contributed by atoms with Crippen molar-refractivity contribution in [2.24, 2.45) is 5.14 Å². The van der Waals surface area contributed by atoms with Crippen LogP contribution in [0, 0.1) is 5.39 Å². The predicted octanol–water partition coefficient (Wildman–Crippen LogP) is -2.47. The van der Waals surface area contributed by atoms with Crippen molar-refractivity contribution in [3.05, 3.63) is 23.2 Å². The number of hydrogen-bond donors (Lipinski definition) is 2. The second-order valence-electron chi connectivity index (χ2n) is 2.30. The smallest absolute Gasteiger partial charge is 0.426 e. The van der Waals surface area contributed by atoms with Gasteiger partial charge in [0.1, 0.15) is 0 Å². The number of phenolic OH excluding ortho intramolecular Hbond substituents is 1. The van der Waals surface area contributed by atoms with Crippen molar-refractivity contribution in [3.63, 3.8) is 0 Å². The third-order valence-electron chi connectivity index (χ3n) is 1.38. The van der Waals surface area contributed by atoms with Gasteiger partial charge in [0, 0.05) is 12.1 Å². The van der Waals surface area contributed by atoms with Gasteiger partial charge in [-0.05, 0) is 6.07 Å².